The molecule has 0 heterocycles. The number of nitrogen functional groups attached to an aromatic ring is 1. The van der Waals surface area contributed by atoms with Gasteiger partial charge < -0.3 is 21.3 Å². The first-order valence-corrected chi connectivity index (χ1v) is 18.4. The van der Waals surface area contributed by atoms with Gasteiger partial charge in [-0.2, -0.15) is 4.31 Å². The number of para-hydroxylation sites is 1. The predicted molar refractivity (Wildman–Crippen MR) is 195 cm³/mol. The highest BCUT2D eigenvalue weighted by atomic mass is 32.2. The lowest BCUT2D eigenvalue weighted by molar-refractivity contribution is -0.119. The molecule has 12 heteroatoms. The molecule has 0 aliphatic carbocycles. The van der Waals surface area contributed by atoms with E-state index in [1.165, 1.54) is 47.4 Å². The zero-order valence-electron chi connectivity index (χ0n) is 27.9. The van der Waals surface area contributed by atoms with Crippen molar-refractivity contribution in [3.63, 3.8) is 0 Å². The number of aliphatic hydroxyl groups is 1. The Kier molecular flexibility index (Phi) is 13.4. The fraction of sp³-hybridized carbons (Fsp3) is 0.297. The number of rotatable bonds is 15. The van der Waals surface area contributed by atoms with Crippen LogP contribution in [0.1, 0.15) is 37.3 Å². The highest BCUT2D eigenvalue weighted by Gasteiger charge is 2.37. The van der Waals surface area contributed by atoms with E-state index < -0.39 is 46.6 Å². The van der Waals surface area contributed by atoms with Gasteiger partial charge in [0.15, 0.2) is 0 Å². The number of ether oxygens (including phenoxy) is 1. The average Bonchev–Trinajstić information content (AvgIpc) is 3.11. The van der Waals surface area contributed by atoms with E-state index in [1.54, 1.807) is 24.3 Å². The Bertz CT molecular complexity index is 1730. The fourth-order valence-corrected chi connectivity index (χ4v) is 8.32. The van der Waals surface area contributed by atoms with Gasteiger partial charge in [-0.25, -0.2) is 18.1 Å². The summed E-state index contributed by atoms with van der Waals surface area (Å²) in [6.07, 6.45) is -0.352. The maximum Gasteiger partial charge on any atom is 0.421 e. The summed E-state index contributed by atoms with van der Waals surface area (Å²) in [7, 11) is -2.82. The summed E-state index contributed by atoms with van der Waals surface area (Å²) in [5, 5.41) is 10.5. The normalized spacial score (nSPS) is 13.0. The van der Waals surface area contributed by atoms with Gasteiger partial charge in [-0.15, -0.1) is 11.8 Å². The molecule has 10 nitrogen and oxygen atoms in total. The first kappa shape index (κ1) is 37.6. The summed E-state index contributed by atoms with van der Waals surface area (Å²) in [5.74, 6) is -0.933. The Labute approximate surface area is 293 Å². The van der Waals surface area contributed by atoms with Crippen molar-refractivity contribution in [2.24, 2.45) is 11.7 Å². The molecule has 0 saturated heterocycles. The van der Waals surface area contributed by atoms with Crippen molar-refractivity contribution in [2.75, 3.05) is 36.6 Å². The number of amides is 2. The molecule has 4 rings (SSSR count). The third-order valence-electron chi connectivity index (χ3n) is 8.11. The SMILES string of the molecule is COC(=O)N(C(=O)[C@@H](N)C(c1ccccc1)c1ccccc1)c1ccccc1SC[C@@H](CO)N(CCC(C)C)S(=O)(=O)c1ccc(N)cc1. The van der Waals surface area contributed by atoms with E-state index >= 15 is 0 Å². The molecule has 0 aliphatic heterocycles. The molecule has 260 valence electrons. The standard InChI is InChI=1S/C37H44N4O6S2/c1-26(2)22-23-40(49(45,46)31-20-18-29(38)19-21-31)30(24-42)25-48-33-17-11-10-16-32(33)41(37(44)47-3)36(43)35(39)34(27-12-6-4-7-13-27)28-14-8-5-9-15-28/h4-21,26,30,34-35,42H,22-25,38-39H2,1-3H3/t30-,35+/m1/s1. The number of carbonyl (C=O) groups is 2. The Balaban J connectivity index is 1.68. The van der Waals surface area contributed by atoms with Crippen LogP contribution in [0.15, 0.2) is 119 Å². The van der Waals surface area contributed by atoms with Gasteiger partial charge in [-0.3, -0.25) is 4.79 Å². The number of nitrogens with zero attached hydrogens (tertiary/aromatic N) is 2. The number of sulfonamides is 1. The van der Waals surface area contributed by atoms with Crippen LogP contribution in [-0.2, 0) is 19.6 Å². The Morgan fingerprint density at radius 3 is 1.94 bits per heavy atom. The Morgan fingerprint density at radius 1 is 0.857 bits per heavy atom. The van der Waals surface area contributed by atoms with Crippen LogP contribution < -0.4 is 16.4 Å². The topological polar surface area (TPSA) is 156 Å². The fourth-order valence-electron chi connectivity index (χ4n) is 5.45. The molecular formula is C37H44N4O6S2. The summed E-state index contributed by atoms with van der Waals surface area (Å²) in [5.41, 5.74) is 14.8. The zero-order chi connectivity index (χ0) is 35.6. The number of nitrogens with two attached hydrogens (primary N) is 2. The number of anilines is 2. The van der Waals surface area contributed by atoms with Crippen LogP contribution in [0.2, 0.25) is 0 Å². The molecule has 0 radical (unpaired) electrons. The van der Waals surface area contributed by atoms with Crippen LogP contribution in [-0.4, -0.2) is 67.9 Å². The van der Waals surface area contributed by atoms with Crippen LogP contribution in [0.25, 0.3) is 0 Å². The first-order chi connectivity index (χ1) is 23.5. The number of benzene rings is 4. The van der Waals surface area contributed by atoms with Crippen molar-refractivity contribution in [1.29, 1.82) is 0 Å². The van der Waals surface area contributed by atoms with Gasteiger partial charge >= 0.3 is 6.09 Å². The van der Waals surface area contributed by atoms with E-state index in [1.807, 2.05) is 74.5 Å². The van der Waals surface area contributed by atoms with Gasteiger partial charge in [-0.1, -0.05) is 86.6 Å². The van der Waals surface area contributed by atoms with Gasteiger partial charge in [0.25, 0.3) is 5.91 Å². The van der Waals surface area contributed by atoms with E-state index in [9.17, 15) is 23.1 Å². The number of thioether (sulfide) groups is 1. The Morgan fingerprint density at radius 2 is 1.41 bits per heavy atom. The van der Waals surface area contributed by atoms with E-state index in [0.29, 0.717) is 17.0 Å². The molecule has 0 fully saturated rings. The minimum atomic E-state index is -4.01. The summed E-state index contributed by atoms with van der Waals surface area (Å²) in [6, 6.07) is 29.4. The molecule has 4 aromatic carbocycles. The lowest BCUT2D eigenvalue weighted by atomic mass is 9.85. The quantitative estimate of drug-likeness (QED) is 0.104. The van der Waals surface area contributed by atoms with Crippen molar-refractivity contribution in [3.8, 4) is 0 Å². The predicted octanol–water partition coefficient (Wildman–Crippen LogP) is 5.72. The molecule has 0 aliphatic rings. The summed E-state index contributed by atoms with van der Waals surface area (Å²) >= 11 is 1.21. The summed E-state index contributed by atoms with van der Waals surface area (Å²) < 4.78 is 34.1. The van der Waals surface area contributed by atoms with Gasteiger partial charge in [0.05, 0.1) is 36.4 Å². The van der Waals surface area contributed by atoms with Gasteiger partial charge in [0, 0.05) is 28.8 Å². The van der Waals surface area contributed by atoms with Crippen LogP contribution in [0.3, 0.4) is 0 Å². The molecule has 0 unspecified atom stereocenters. The maximum absolute atomic E-state index is 14.3. The van der Waals surface area contributed by atoms with Gasteiger partial charge in [-0.05, 0) is 59.9 Å². The smallest absolute Gasteiger partial charge is 0.421 e. The highest BCUT2D eigenvalue weighted by Crippen LogP contribution is 2.35. The minimum Gasteiger partial charge on any atom is -0.452 e. The minimum absolute atomic E-state index is 0.0668. The van der Waals surface area contributed by atoms with Crippen molar-refractivity contribution in [2.45, 2.75) is 48.1 Å². The van der Waals surface area contributed by atoms with Crippen molar-refractivity contribution < 1.29 is 27.9 Å². The number of carbonyl (C=O) groups excluding carboxylic acids is 2. The van der Waals surface area contributed by atoms with Gasteiger partial charge in [0.1, 0.15) is 0 Å². The monoisotopic (exact) mass is 704 g/mol. The molecule has 0 saturated carbocycles. The zero-order valence-corrected chi connectivity index (χ0v) is 29.5. The van der Waals surface area contributed by atoms with Crippen molar-refractivity contribution in [3.05, 3.63) is 120 Å². The maximum atomic E-state index is 14.3. The van der Waals surface area contributed by atoms with E-state index in [4.69, 9.17) is 16.2 Å². The van der Waals surface area contributed by atoms with Crippen molar-refractivity contribution in [1.82, 2.24) is 4.31 Å². The lowest BCUT2D eigenvalue weighted by Crippen LogP contribution is -2.50. The molecule has 0 bridgehead atoms. The second kappa shape index (κ2) is 17.5. The first-order valence-electron chi connectivity index (χ1n) is 16.0. The summed E-state index contributed by atoms with van der Waals surface area (Å²) in [6.45, 7) is 3.72. The number of aliphatic hydroxyl groups excluding tert-OH is 1. The molecule has 0 spiro atoms. The molecule has 4 aromatic rings. The average molecular weight is 705 g/mol. The van der Waals surface area contributed by atoms with Crippen LogP contribution in [0.4, 0.5) is 16.2 Å². The highest BCUT2D eigenvalue weighted by molar-refractivity contribution is 7.99. The number of hydrogen-bond acceptors (Lipinski definition) is 9. The molecule has 2 amide bonds. The number of hydrogen-bond donors (Lipinski definition) is 3. The van der Waals surface area contributed by atoms with Crippen LogP contribution in [0, 0.1) is 5.92 Å². The number of imide groups is 1. The number of methoxy groups -OCH3 is 1. The van der Waals surface area contributed by atoms with Crippen LogP contribution in [0.5, 0.6) is 0 Å². The third kappa shape index (κ3) is 9.28. The molecule has 2 atom stereocenters. The second-order valence-corrected chi connectivity index (χ2v) is 14.9. The second-order valence-electron chi connectivity index (χ2n) is 12.0. The molecule has 0 aromatic heterocycles. The van der Waals surface area contributed by atoms with E-state index in [2.05, 4.69) is 0 Å². The third-order valence-corrected chi connectivity index (χ3v) is 11.3. The molecular weight excluding hydrogens is 661 g/mol. The Hall–Kier alpha value is -4.20. The molecule has 49 heavy (non-hydrogen) atoms. The largest absolute Gasteiger partial charge is 0.452 e. The van der Waals surface area contributed by atoms with Crippen LogP contribution >= 0.6 is 11.8 Å². The summed E-state index contributed by atoms with van der Waals surface area (Å²) in [4.78, 5) is 29.1. The van der Waals surface area contributed by atoms with E-state index in [0.717, 1.165) is 16.0 Å². The van der Waals surface area contributed by atoms with E-state index in [-0.39, 0.29) is 28.8 Å². The van der Waals surface area contributed by atoms with Gasteiger partial charge in [0.2, 0.25) is 10.0 Å². The lowest BCUT2D eigenvalue weighted by Gasteiger charge is -2.31. The van der Waals surface area contributed by atoms with Crippen molar-refractivity contribution >= 4 is 45.2 Å². The molecule has 5 N–H and O–H groups in total.